The van der Waals surface area contributed by atoms with E-state index in [9.17, 15) is 9.90 Å². The van der Waals surface area contributed by atoms with Crippen LogP contribution in [0.4, 0.5) is 0 Å². The third-order valence-electron chi connectivity index (χ3n) is 4.74. The number of carboxylic acid groups (broad SMARTS) is 1. The van der Waals surface area contributed by atoms with Crippen LogP contribution in [0.2, 0.25) is 0 Å². The molecule has 1 aromatic carbocycles. The first-order valence-electron chi connectivity index (χ1n) is 8.60. The van der Waals surface area contributed by atoms with E-state index in [1.165, 1.54) is 0 Å². The number of carbonyl (C=O) groups is 1. The zero-order valence-electron chi connectivity index (χ0n) is 15.5. The molecule has 0 amide bonds. The number of benzene rings is 1. The Labute approximate surface area is 155 Å². The van der Waals surface area contributed by atoms with Crippen molar-refractivity contribution in [3.05, 3.63) is 71.0 Å². The third kappa shape index (κ3) is 4.41. The molecule has 0 bridgehead atoms. The van der Waals surface area contributed by atoms with Gasteiger partial charge in [0, 0.05) is 32.7 Å². The van der Waals surface area contributed by atoms with Gasteiger partial charge in [-0.1, -0.05) is 25.3 Å². The second-order valence-corrected chi connectivity index (χ2v) is 6.54. The van der Waals surface area contributed by atoms with Crippen LogP contribution >= 0.6 is 0 Å². The van der Waals surface area contributed by atoms with Gasteiger partial charge in [-0.2, -0.15) is 5.26 Å². The number of carboxylic acids is 1. The monoisotopic (exact) mass is 351 g/mol. The number of hydrogen-bond acceptors (Lipinski definition) is 4. The van der Waals surface area contributed by atoms with Crippen molar-refractivity contribution in [2.45, 2.75) is 20.4 Å². The average Bonchev–Trinajstić information content (AvgIpc) is 2.61. The summed E-state index contributed by atoms with van der Waals surface area (Å²) in [6.07, 6.45) is 3.50. The number of nitrogens with zero attached hydrogens (tertiary/aromatic N) is 3. The van der Waals surface area contributed by atoms with E-state index in [0.29, 0.717) is 11.1 Å². The lowest BCUT2D eigenvalue weighted by molar-refractivity contribution is 0.0695. The summed E-state index contributed by atoms with van der Waals surface area (Å²) in [6, 6.07) is 5.84. The normalized spacial score (nSPS) is 15.4. The first-order chi connectivity index (χ1) is 12.4. The zero-order valence-corrected chi connectivity index (χ0v) is 15.5. The minimum Gasteiger partial charge on any atom is -0.478 e. The fraction of sp³-hybridized carbons (Fsp3) is 0.333. The van der Waals surface area contributed by atoms with E-state index in [2.05, 4.69) is 29.0 Å². The van der Waals surface area contributed by atoms with Crippen molar-refractivity contribution in [3.63, 3.8) is 0 Å². The van der Waals surface area contributed by atoms with Crippen LogP contribution < -0.4 is 0 Å². The summed E-state index contributed by atoms with van der Waals surface area (Å²) in [7, 11) is 0. The number of hydrogen-bond donors (Lipinski definition) is 1. The highest BCUT2D eigenvalue weighted by Gasteiger charge is 2.21. The molecule has 0 unspecified atom stereocenters. The Kier molecular flexibility index (Phi) is 6.37. The molecule has 1 aliphatic rings. The van der Waals surface area contributed by atoms with Crippen LogP contribution in [0.15, 0.2) is 48.7 Å². The Morgan fingerprint density at radius 1 is 1.27 bits per heavy atom. The molecule has 0 radical (unpaired) electrons. The van der Waals surface area contributed by atoms with Crippen molar-refractivity contribution in [1.82, 2.24) is 9.80 Å². The van der Waals surface area contributed by atoms with Crippen LogP contribution in [0.25, 0.3) is 0 Å². The summed E-state index contributed by atoms with van der Waals surface area (Å²) >= 11 is 0. The van der Waals surface area contributed by atoms with E-state index < -0.39 is 5.97 Å². The van der Waals surface area contributed by atoms with E-state index in [0.717, 1.165) is 55.1 Å². The Balaban J connectivity index is 2.08. The van der Waals surface area contributed by atoms with Crippen LogP contribution in [0, 0.1) is 25.2 Å². The van der Waals surface area contributed by atoms with Gasteiger partial charge in [0.15, 0.2) is 0 Å². The quantitative estimate of drug-likeness (QED) is 0.629. The zero-order chi connectivity index (χ0) is 19.3. The van der Waals surface area contributed by atoms with E-state index in [1.54, 1.807) is 12.1 Å². The van der Waals surface area contributed by atoms with Gasteiger partial charge in [-0.25, -0.2) is 4.79 Å². The number of rotatable bonds is 6. The van der Waals surface area contributed by atoms with E-state index >= 15 is 0 Å². The summed E-state index contributed by atoms with van der Waals surface area (Å²) < 4.78 is 0. The minimum atomic E-state index is -0.886. The van der Waals surface area contributed by atoms with Crippen molar-refractivity contribution in [2.24, 2.45) is 0 Å². The fourth-order valence-corrected chi connectivity index (χ4v) is 3.25. The van der Waals surface area contributed by atoms with Gasteiger partial charge in [-0.3, -0.25) is 4.90 Å². The highest BCUT2D eigenvalue weighted by molar-refractivity contribution is 5.89. The van der Waals surface area contributed by atoms with Gasteiger partial charge < -0.3 is 10.0 Å². The number of aryl methyl sites for hydroxylation is 2. The topological polar surface area (TPSA) is 67.6 Å². The maximum Gasteiger partial charge on any atom is 0.335 e. The van der Waals surface area contributed by atoms with Crippen LogP contribution in [-0.2, 0) is 6.54 Å². The smallest absolute Gasteiger partial charge is 0.335 e. The van der Waals surface area contributed by atoms with Crippen molar-refractivity contribution < 1.29 is 9.90 Å². The van der Waals surface area contributed by atoms with Crippen molar-refractivity contribution in [1.29, 1.82) is 5.26 Å². The maximum atomic E-state index is 11.4. The van der Waals surface area contributed by atoms with Crippen LogP contribution in [-0.4, -0.2) is 47.1 Å². The van der Waals surface area contributed by atoms with Gasteiger partial charge in [0.2, 0.25) is 0 Å². The van der Waals surface area contributed by atoms with Crippen LogP contribution in [0.1, 0.15) is 27.0 Å². The van der Waals surface area contributed by atoms with Crippen molar-refractivity contribution >= 4 is 5.97 Å². The lowest BCUT2D eigenvalue weighted by Crippen LogP contribution is -2.45. The largest absolute Gasteiger partial charge is 0.478 e. The van der Waals surface area contributed by atoms with Gasteiger partial charge >= 0.3 is 5.97 Å². The molecule has 136 valence electrons. The molecule has 0 atom stereocenters. The van der Waals surface area contributed by atoms with E-state index in [-0.39, 0.29) is 0 Å². The van der Waals surface area contributed by atoms with Gasteiger partial charge in [-0.15, -0.1) is 0 Å². The van der Waals surface area contributed by atoms with Crippen molar-refractivity contribution in [2.75, 3.05) is 26.2 Å². The highest BCUT2D eigenvalue weighted by Crippen LogP contribution is 2.21. The summed E-state index contributed by atoms with van der Waals surface area (Å²) in [6.45, 7) is 15.3. The SMILES string of the molecule is C=C/C=C(\C(=C)C#N)N1CCN(Cc2cc(C(=O)O)c(C)cc2C)CC1. The van der Waals surface area contributed by atoms with Gasteiger partial charge in [0.1, 0.15) is 6.07 Å². The molecule has 1 aromatic rings. The maximum absolute atomic E-state index is 11.4. The molecule has 1 heterocycles. The van der Waals surface area contributed by atoms with Gasteiger partial charge in [-0.05, 0) is 42.7 Å². The Morgan fingerprint density at radius 3 is 2.46 bits per heavy atom. The predicted octanol–water partition coefficient (Wildman–Crippen LogP) is 3.27. The van der Waals surface area contributed by atoms with Crippen molar-refractivity contribution in [3.8, 4) is 6.07 Å². The summed E-state index contributed by atoms with van der Waals surface area (Å²) in [4.78, 5) is 15.8. The third-order valence-corrected chi connectivity index (χ3v) is 4.74. The van der Waals surface area contributed by atoms with Crippen LogP contribution in [0.3, 0.4) is 0 Å². The lowest BCUT2D eigenvalue weighted by atomic mass is 9.99. The molecule has 5 heteroatoms. The lowest BCUT2D eigenvalue weighted by Gasteiger charge is -2.37. The molecule has 1 aliphatic heterocycles. The summed E-state index contributed by atoms with van der Waals surface area (Å²) in [5.41, 5.74) is 4.58. The molecule has 1 N–H and O–H groups in total. The fourth-order valence-electron chi connectivity index (χ4n) is 3.25. The second kappa shape index (κ2) is 8.50. The standard InChI is InChI=1S/C21H25N3O2/c1-5-6-20(17(4)13-22)24-9-7-23(8-10-24)14-18-12-19(21(25)26)16(3)11-15(18)2/h5-6,11-12H,1,4,7-10,14H2,2-3H3,(H,25,26)/b20-6+. The van der Waals surface area contributed by atoms with Gasteiger partial charge in [0.25, 0.3) is 0 Å². The average molecular weight is 351 g/mol. The number of nitriles is 1. The molecular weight excluding hydrogens is 326 g/mol. The van der Waals surface area contributed by atoms with E-state index in [1.807, 2.05) is 26.0 Å². The molecule has 1 saturated heterocycles. The second-order valence-electron chi connectivity index (χ2n) is 6.54. The molecule has 0 aromatic heterocycles. The molecule has 1 fully saturated rings. The number of allylic oxidation sites excluding steroid dienone is 3. The predicted molar refractivity (Wildman–Crippen MR) is 103 cm³/mol. The van der Waals surface area contributed by atoms with Gasteiger partial charge in [0.05, 0.1) is 16.8 Å². The number of piperazine rings is 1. The first-order valence-corrected chi connectivity index (χ1v) is 8.60. The van der Waals surface area contributed by atoms with E-state index in [4.69, 9.17) is 5.26 Å². The first kappa shape index (κ1) is 19.5. The molecule has 5 nitrogen and oxygen atoms in total. The molecule has 0 saturated carbocycles. The highest BCUT2D eigenvalue weighted by atomic mass is 16.4. The number of aromatic carboxylic acids is 1. The molecule has 2 rings (SSSR count). The minimum absolute atomic E-state index is 0.366. The summed E-state index contributed by atoms with van der Waals surface area (Å²) in [5.74, 6) is -0.886. The Morgan fingerprint density at radius 2 is 1.92 bits per heavy atom. The summed E-state index contributed by atoms with van der Waals surface area (Å²) in [5, 5.41) is 18.5. The Bertz CT molecular complexity index is 794. The molecule has 0 aliphatic carbocycles. The molecule has 0 spiro atoms. The Hall–Kier alpha value is -2.84. The molecule has 26 heavy (non-hydrogen) atoms. The van der Waals surface area contributed by atoms with Crippen LogP contribution in [0.5, 0.6) is 0 Å². The molecular formula is C21H25N3O2.